The van der Waals surface area contributed by atoms with Gasteiger partial charge >= 0.3 is 12.0 Å². The molecule has 2 N–H and O–H groups in total. The second-order valence-corrected chi connectivity index (χ2v) is 4.48. The first-order valence-corrected chi connectivity index (χ1v) is 5.88. The number of nitrogens with zero attached hydrogens (tertiary/aromatic N) is 2. The number of carbonyl (C=O) groups is 2. The molecule has 19 heavy (non-hydrogen) atoms. The zero-order valence-electron chi connectivity index (χ0n) is 11.2. The van der Waals surface area contributed by atoms with Gasteiger partial charge in [0.1, 0.15) is 12.3 Å². The van der Waals surface area contributed by atoms with Crippen molar-refractivity contribution < 1.29 is 19.8 Å². The fourth-order valence-electron chi connectivity index (χ4n) is 1.45. The molecule has 0 spiro atoms. The van der Waals surface area contributed by atoms with Gasteiger partial charge in [-0.2, -0.15) is 0 Å². The van der Waals surface area contributed by atoms with E-state index in [1.165, 1.54) is 29.2 Å². The van der Waals surface area contributed by atoms with E-state index >= 15 is 0 Å². The van der Waals surface area contributed by atoms with E-state index in [0.717, 1.165) is 4.90 Å². The largest absolute Gasteiger partial charge is 0.508 e. The summed E-state index contributed by atoms with van der Waals surface area (Å²) in [5.41, 5.74) is 0.428. The molecule has 0 fully saturated rings. The maximum atomic E-state index is 12.2. The van der Waals surface area contributed by atoms with Crippen LogP contribution in [0, 0.1) is 0 Å². The van der Waals surface area contributed by atoms with Crippen molar-refractivity contribution >= 4 is 17.7 Å². The van der Waals surface area contributed by atoms with Crippen molar-refractivity contribution in [3.05, 3.63) is 24.3 Å². The number of amides is 2. The number of carboxylic acid groups (broad SMARTS) is 1. The third kappa shape index (κ3) is 3.87. The number of aliphatic carboxylic acids is 1. The molecular weight excluding hydrogens is 248 g/mol. The van der Waals surface area contributed by atoms with Crippen LogP contribution in [0.4, 0.5) is 10.5 Å². The smallest absolute Gasteiger partial charge is 0.324 e. The van der Waals surface area contributed by atoms with E-state index in [0.29, 0.717) is 5.69 Å². The van der Waals surface area contributed by atoms with Crippen LogP contribution in [0.3, 0.4) is 0 Å². The van der Waals surface area contributed by atoms with Crippen LogP contribution in [-0.4, -0.2) is 46.7 Å². The molecule has 1 aromatic rings. The summed E-state index contributed by atoms with van der Waals surface area (Å²) in [4.78, 5) is 25.7. The van der Waals surface area contributed by atoms with Crippen LogP contribution in [0.5, 0.6) is 5.75 Å². The summed E-state index contributed by atoms with van der Waals surface area (Å²) < 4.78 is 0. The van der Waals surface area contributed by atoms with Gasteiger partial charge in [-0.25, -0.2) is 4.79 Å². The summed E-state index contributed by atoms with van der Waals surface area (Å²) in [6.45, 7) is 3.25. The van der Waals surface area contributed by atoms with E-state index in [4.69, 9.17) is 5.11 Å². The third-order valence-electron chi connectivity index (χ3n) is 2.76. The van der Waals surface area contributed by atoms with Crippen molar-refractivity contribution in [2.45, 2.75) is 19.9 Å². The zero-order chi connectivity index (χ0) is 14.6. The number of carboxylic acids is 1. The van der Waals surface area contributed by atoms with Crippen LogP contribution < -0.4 is 4.90 Å². The minimum atomic E-state index is -1.10. The number of phenols is 1. The van der Waals surface area contributed by atoms with Crippen molar-refractivity contribution in [1.29, 1.82) is 0 Å². The standard InChI is InChI=1S/C13H18N2O4/c1-9(2)14(3)13(19)15(8-12(17)18)10-4-6-11(16)7-5-10/h4-7,9,16H,8H2,1-3H3,(H,17,18). The molecule has 0 atom stereocenters. The number of hydrogen-bond donors (Lipinski definition) is 2. The number of phenolic OH excluding ortho intramolecular Hbond substituents is 1. The summed E-state index contributed by atoms with van der Waals surface area (Å²) in [5, 5.41) is 18.1. The lowest BCUT2D eigenvalue weighted by molar-refractivity contribution is -0.135. The van der Waals surface area contributed by atoms with Gasteiger partial charge in [-0.15, -0.1) is 0 Å². The van der Waals surface area contributed by atoms with Crippen LogP contribution >= 0.6 is 0 Å². The van der Waals surface area contributed by atoms with E-state index < -0.39 is 18.5 Å². The Hall–Kier alpha value is -2.24. The van der Waals surface area contributed by atoms with Gasteiger partial charge in [-0.05, 0) is 38.1 Å². The fourth-order valence-corrected chi connectivity index (χ4v) is 1.45. The Balaban J connectivity index is 3.04. The lowest BCUT2D eigenvalue weighted by Gasteiger charge is -2.29. The zero-order valence-corrected chi connectivity index (χ0v) is 11.2. The number of urea groups is 1. The number of rotatable bonds is 4. The molecule has 0 saturated carbocycles. The van der Waals surface area contributed by atoms with E-state index in [1.54, 1.807) is 7.05 Å². The topological polar surface area (TPSA) is 81.1 Å². The van der Waals surface area contributed by atoms with Gasteiger partial charge in [-0.1, -0.05) is 0 Å². The van der Waals surface area contributed by atoms with Crippen molar-refractivity contribution in [2.75, 3.05) is 18.5 Å². The molecule has 0 aliphatic heterocycles. The molecule has 104 valence electrons. The molecule has 1 rings (SSSR count). The molecule has 0 unspecified atom stereocenters. The monoisotopic (exact) mass is 266 g/mol. The van der Waals surface area contributed by atoms with E-state index in [2.05, 4.69) is 0 Å². The Morgan fingerprint density at radius 3 is 2.16 bits per heavy atom. The first-order chi connectivity index (χ1) is 8.82. The molecule has 2 amide bonds. The Bertz CT molecular complexity index is 456. The normalized spacial score (nSPS) is 10.3. The Morgan fingerprint density at radius 1 is 1.21 bits per heavy atom. The highest BCUT2D eigenvalue weighted by Crippen LogP contribution is 2.20. The van der Waals surface area contributed by atoms with Crippen molar-refractivity contribution in [3.63, 3.8) is 0 Å². The van der Waals surface area contributed by atoms with Gasteiger partial charge in [0.2, 0.25) is 0 Å². The van der Waals surface area contributed by atoms with Crippen molar-refractivity contribution in [2.24, 2.45) is 0 Å². The van der Waals surface area contributed by atoms with Gasteiger partial charge < -0.3 is 15.1 Å². The van der Waals surface area contributed by atoms with Crippen molar-refractivity contribution in [3.8, 4) is 5.75 Å². The highest BCUT2D eigenvalue weighted by Gasteiger charge is 2.23. The van der Waals surface area contributed by atoms with Gasteiger partial charge in [-0.3, -0.25) is 9.69 Å². The van der Waals surface area contributed by atoms with Gasteiger partial charge in [0.25, 0.3) is 0 Å². The highest BCUT2D eigenvalue weighted by molar-refractivity contribution is 5.96. The predicted octanol–water partition coefficient (Wildman–Crippen LogP) is 1.74. The number of hydrogen-bond acceptors (Lipinski definition) is 3. The first-order valence-electron chi connectivity index (χ1n) is 5.88. The summed E-state index contributed by atoms with van der Waals surface area (Å²) in [7, 11) is 1.61. The number of benzene rings is 1. The average molecular weight is 266 g/mol. The highest BCUT2D eigenvalue weighted by atomic mass is 16.4. The molecule has 0 aromatic heterocycles. The molecule has 0 bridgehead atoms. The SMILES string of the molecule is CC(C)N(C)C(=O)N(CC(=O)O)c1ccc(O)cc1. The summed E-state index contributed by atoms with van der Waals surface area (Å²) >= 11 is 0. The predicted molar refractivity (Wildman–Crippen MR) is 71.4 cm³/mol. The van der Waals surface area contributed by atoms with E-state index in [-0.39, 0.29) is 11.8 Å². The minimum Gasteiger partial charge on any atom is -0.508 e. The second-order valence-electron chi connectivity index (χ2n) is 4.48. The van der Waals surface area contributed by atoms with Crippen LogP contribution in [0.1, 0.15) is 13.8 Å². The summed E-state index contributed by atoms with van der Waals surface area (Å²) in [6.07, 6.45) is 0. The molecule has 0 aliphatic rings. The first kappa shape index (κ1) is 14.8. The van der Waals surface area contributed by atoms with Gasteiger partial charge in [0, 0.05) is 18.8 Å². The molecule has 1 aromatic carbocycles. The minimum absolute atomic E-state index is 0.0408. The lowest BCUT2D eigenvalue weighted by Crippen LogP contribution is -2.46. The molecule has 0 heterocycles. The van der Waals surface area contributed by atoms with Crippen LogP contribution in [0.2, 0.25) is 0 Å². The number of aromatic hydroxyl groups is 1. The Kier molecular flexibility index (Phi) is 4.74. The molecule has 0 radical (unpaired) electrons. The quantitative estimate of drug-likeness (QED) is 0.869. The van der Waals surface area contributed by atoms with Gasteiger partial charge in [0.05, 0.1) is 0 Å². The van der Waals surface area contributed by atoms with Crippen LogP contribution in [0.15, 0.2) is 24.3 Å². The van der Waals surface area contributed by atoms with Crippen LogP contribution in [0.25, 0.3) is 0 Å². The van der Waals surface area contributed by atoms with Crippen molar-refractivity contribution in [1.82, 2.24) is 4.90 Å². The third-order valence-corrected chi connectivity index (χ3v) is 2.76. The lowest BCUT2D eigenvalue weighted by atomic mass is 10.2. The maximum absolute atomic E-state index is 12.2. The van der Waals surface area contributed by atoms with E-state index in [1.807, 2.05) is 13.8 Å². The molecule has 6 nitrogen and oxygen atoms in total. The molecule has 0 aliphatic carbocycles. The number of carbonyl (C=O) groups excluding carboxylic acids is 1. The summed E-state index contributed by atoms with van der Waals surface area (Å²) in [5.74, 6) is -1.04. The fraction of sp³-hybridized carbons (Fsp3) is 0.385. The second kappa shape index (κ2) is 6.08. The average Bonchev–Trinajstić information content (AvgIpc) is 2.35. The van der Waals surface area contributed by atoms with E-state index in [9.17, 15) is 14.7 Å². The van der Waals surface area contributed by atoms with Crippen LogP contribution in [-0.2, 0) is 4.79 Å². The summed E-state index contributed by atoms with van der Waals surface area (Å²) in [6, 6.07) is 5.39. The number of anilines is 1. The molecule has 6 heteroatoms. The molecular formula is C13H18N2O4. The molecule has 0 saturated heterocycles. The van der Waals surface area contributed by atoms with Gasteiger partial charge in [0.15, 0.2) is 0 Å². The maximum Gasteiger partial charge on any atom is 0.324 e. The Labute approximate surface area is 111 Å². The Morgan fingerprint density at radius 2 is 1.74 bits per heavy atom.